The number of hydrogen-bond donors (Lipinski definition) is 1. The van der Waals surface area contributed by atoms with Crippen molar-refractivity contribution in [3.05, 3.63) is 70.6 Å². The molecule has 0 spiro atoms. The van der Waals surface area contributed by atoms with Gasteiger partial charge in [0, 0.05) is 21.7 Å². The fourth-order valence-corrected chi connectivity index (χ4v) is 3.93. The van der Waals surface area contributed by atoms with Gasteiger partial charge < -0.3 is 11.5 Å². The van der Waals surface area contributed by atoms with Gasteiger partial charge in [-0.1, -0.05) is 116 Å². The second-order valence-electron chi connectivity index (χ2n) is 11.8. The van der Waals surface area contributed by atoms with Gasteiger partial charge in [0.05, 0.1) is 5.41 Å². The summed E-state index contributed by atoms with van der Waals surface area (Å²) >= 11 is 0. The monoisotopic (exact) mass is 573 g/mol. The van der Waals surface area contributed by atoms with Gasteiger partial charge in [-0.05, 0) is 85.0 Å². The molecule has 1 atom stereocenters. The molecule has 0 bridgehead atoms. The van der Waals surface area contributed by atoms with Crippen LogP contribution in [0.25, 0.3) is 0 Å². The second-order valence-corrected chi connectivity index (χ2v) is 11.8. The van der Waals surface area contributed by atoms with E-state index in [0.29, 0.717) is 0 Å². The van der Waals surface area contributed by atoms with Crippen LogP contribution in [0.5, 0.6) is 0 Å². The second kappa shape index (κ2) is 31.1. The number of hydrogen-bond acceptors (Lipinski definition) is 1. The van der Waals surface area contributed by atoms with Crippen molar-refractivity contribution in [2.45, 2.75) is 143 Å². The van der Waals surface area contributed by atoms with Gasteiger partial charge in [-0.15, -0.1) is 0 Å². The number of rotatable bonds is 17. The molecule has 3 heteroatoms. The van der Waals surface area contributed by atoms with E-state index in [0.717, 1.165) is 5.92 Å². The van der Waals surface area contributed by atoms with E-state index < -0.39 is 11.4 Å². The van der Waals surface area contributed by atoms with Crippen LogP contribution in [0.3, 0.4) is 0 Å². The third-order valence-electron chi connectivity index (χ3n) is 6.75. The topological polar surface area (TPSA) is 37.3 Å². The molecule has 3 rings (SSSR count). The van der Waals surface area contributed by atoms with Crippen LogP contribution in [0, 0.1) is 82.0 Å². The molecule has 222 valence electrons. The Bertz CT molecular complexity index is 448. The van der Waals surface area contributed by atoms with Crippen molar-refractivity contribution in [1.82, 2.24) is 0 Å². The number of carboxylic acids is 1. The van der Waals surface area contributed by atoms with Crippen molar-refractivity contribution in [1.29, 1.82) is 0 Å². The summed E-state index contributed by atoms with van der Waals surface area (Å²) in [5.41, 5.74) is -0.583. The maximum absolute atomic E-state index is 10.0. The van der Waals surface area contributed by atoms with Crippen LogP contribution in [0.15, 0.2) is 0 Å². The van der Waals surface area contributed by atoms with Gasteiger partial charge >= 0.3 is 5.97 Å². The Morgan fingerprint density at radius 3 is 1.05 bits per heavy atom. The molecular weight excluding hydrogens is 512 g/mol. The maximum atomic E-state index is 10.0. The Labute approximate surface area is 261 Å². The standard InChI is InChI=1S/C21H41.C5H10O2.2C5H5.Ti/c1-2-3-4-5-6-7-8-9-10-11-12-13-14-15-16-17-18-21-19-20-21;1-5(2,3)4(6)7;2*1-2-4-5-3-1;/h19,21H,2-18,20H2,1H3;1-3H3,(H,6,7);2*1-5H;/q-1;;;;. The van der Waals surface area contributed by atoms with Crippen molar-refractivity contribution >= 4 is 5.97 Å². The molecule has 3 aliphatic rings. The zero-order valence-electron chi connectivity index (χ0n) is 26.0. The summed E-state index contributed by atoms with van der Waals surface area (Å²) in [6.07, 6.45) is 49.0. The minimum absolute atomic E-state index is 0. The minimum Gasteiger partial charge on any atom is -0.481 e. The van der Waals surface area contributed by atoms with E-state index in [4.69, 9.17) is 5.11 Å². The molecule has 0 aromatic heterocycles. The summed E-state index contributed by atoms with van der Waals surface area (Å²) in [7, 11) is 0. The average molecular weight is 574 g/mol. The molecule has 3 fully saturated rings. The van der Waals surface area contributed by atoms with Gasteiger partial charge in [0.2, 0.25) is 0 Å². The van der Waals surface area contributed by atoms with Crippen LogP contribution in [0.1, 0.15) is 143 Å². The fraction of sp³-hybridized carbons (Fsp3) is 0.667. The molecule has 0 aromatic carbocycles. The first kappa shape index (κ1) is 41.3. The molecule has 0 aromatic rings. The number of unbranched alkanes of at least 4 members (excludes halogenated alkanes) is 15. The van der Waals surface area contributed by atoms with Crippen molar-refractivity contribution in [3.63, 3.8) is 0 Å². The molecule has 0 aliphatic heterocycles. The Balaban J connectivity index is 0. The van der Waals surface area contributed by atoms with Crippen LogP contribution in [-0.4, -0.2) is 11.1 Å². The Hall–Kier alpha value is 0.184. The molecule has 3 saturated carbocycles. The zero-order valence-corrected chi connectivity index (χ0v) is 27.6. The van der Waals surface area contributed by atoms with E-state index in [1.165, 1.54) is 116 Å². The van der Waals surface area contributed by atoms with Gasteiger partial charge in [-0.3, -0.25) is 4.79 Å². The summed E-state index contributed by atoms with van der Waals surface area (Å²) in [6.45, 7) is 7.28. The SMILES string of the molecule is CC(C)(C)C(=O)O.CCCCCCCCCCCCCCCCCCC1[CH-]C1.[CH]1[CH][CH][CH][CH]1.[CH]1[CH][CH][CH][CH]1.[Ti]. The smallest absolute Gasteiger partial charge is 0.308 e. The van der Waals surface area contributed by atoms with Crippen LogP contribution < -0.4 is 0 Å². The quantitative estimate of drug-likeness (QED) is 0.107. The first-order valence-electron chi connectivity index (χ1n) is 15.8. The summed E-state index contributed by atoms with van der Waals surface area (Å²) in [6, 6.07) is 0. The predicted octanol–water partition coefficient (Wildman–Crippen LogP) is 11.0. The van der Waals surface area contributed by atoms with Gasteiger partial charge in [-0.2, -0.15) is 5.92 Å². The van der Waals surface area contributed by atoms with Gasteiger partial charge in [0.25, 0.3) is 0 Å². The average Bonchev–Trinajstić information content (AvgIpc) is 3.32. The van der Waals surface area contributed by atoms with E-state index in [-0.39, 0.29) is 21.7 Å². The van der Waals surface area contributed by atoms with Crippen molar-refractivity contribution in [3.8, 4) is 0 Å². The third-order valence-corrected chi connectivity index (χ3v) is 6.75. The first-order chi connectivity index (χ1) is 18.4. The minimum atomic E-state index is -0.757. The molecule has 0 amide bonds. The van der Waals surface area contributed by atoms with Crippen molar-refractivity contribution in [2.24, 2.45) is 11.3 Å². The van der Waals surface area contributed by atoms with E-state index in [2.05, 4.69) is 13.3 Å². The molecule has 3 aliphatic carbocycles. The number of aliphatic carboxylic acids is 1. The normalized spacial score (nSPS) is 17.5. The summed E-state index contributed by atoms with van der Waals surface area (Å²) in [4.78, 5) is 10.0. The number of carboxylic acid groups (broad SMARTS) is 1. The van der Waals surface area contributed by atoms with Crippen molar-refractivity contribution < 1.29 is 31.6 Å². The van der Waals surface area contributed by atoms with Crippen molar-refractivity contribution in [2.75, 3.05) is 0 Å². The molecule has 0 heterocycles. The van der Waals surface area contributed by atoms with E-state index in [9.17, 15) is 4.79 Å². The molecule has 1 unspecified atom stereocenters. The van der Waals surface area contributed by atoms with Gasteiger partial charge in [0.15, 0.2) is 0 Å². The Morgan fingerprint density at radius 1 is 0.615 bits per heavy atom. The maximum Gasteiger partial charge on any atom is 0.308 e. The summed E-state index contributed by atoms with van der Waals surface area (Å²) in [5, 5.41) is 8.25. The largest absolute Gasteiger partial charge is 0.481 e. The van der Waals surface area contributed by atoms with E-state index >= 15 is 0 Å². The Morgan fingerprint density at radius 2 is 0.846 bits per heavy atom. The van der Waals surface area contributed by atoms with Crippen LogP contribution >= 0.6 is 0 Å². The number of carbonyl (C=O) groups is 1. The van der Waals surface area contributed by atoms with E-state index in [1.807, 2.05) is 64.2 Å². The van der Waals surface area contributed by atoms with Crippen LogP contribution in [0.2, 0.25) is 0 Å². The van der Waals surface area contributed by atoms with Crippen LogP contribution in [-0.2, 0) is 26.5 Å². The van der Waals surface area contributed by atoms with Gasteiger partial charge in [0.1, 0.15) is 0 Å². The van der Waals surface area contributed by atoms with E-state index in [1.54, 1.807) is 20.8 Å². The molecule has 2 nitrogen and oxygen atoms in total. The summed E-state index contributed by atoms with van der Waals surface area (Å²) in [5.74, 6) is 0.268. The summed E-state index contributed by atoms with van der Waals surface area (Å²) < 4.78 is 0. The zero-order chi connectivity index (χ0) is 28.2. The third kappa shape index (κ3) is 36.2. The predicted molar refractivity (Wildman–Crippen MR) is 167 cm³/mol. The fourth-order valence-electron chi connectivity index (χ4n) is 3.93. The molecule has 39 heavy (non-hydrogen) atoms. The van der Waals surface area contributed by atoms with Crippen LogP contribution in [0.4, 0.5) is 0 Å². The molecule has 1 N–H and O–H groups in total. The molecule has 10 radical (unpaired) electrons. The molecular formula is C36H61O2Ti-. The Kier molecular flexibility index (Phi) is 33.0. The van der Waals surface area contributed by atoms with Gasteiger partial charge in [-0.25, -0.2) is 6.42 Å². The molecule has 0 saturated heterocycles. The first-order valence-corrected chi connectivity index (χ1v) is 15.8.